The monoisotopic (exact) mass is 297 g/mol. The van der Waals surface area contributed by atoms with Gasteiger partial charge in [0, 0.05) is 24.5 Å². The molecule has 2 aromatic heterocycles. The van der Waals surface area contributed by atoms with E-state index in [1.54, 1.807) is 32.3 Å². The van der Waals surface area contributed by atoms with E-state index in [0.29, 0.717) is 29.4 Å². The van der Waals surface area contributed by atoms with Crippen LogP contribution in [0.2, 0.25) is 0 Å². The first-order chi connectivity index (χ1) is 9.95. The second-order valence-corrected chi connectivity index (χ2v) is 4.74. The van der Waals surface area contributed by atoms with Crippen LogP contribution in [0.15, 0.2) is 18.5 Å². The molecule has 114 valence electrons. The van der Waals surface area contributed by atoms with Crippen LogP contribution in [-0.2, 0) is 6.54 Å². The van der Waals surface area contributed by atoms with Gasteiger partial charge in [-0.05, 0) is 19.9 Å². The van der Waals surface area contributed by atoms with Crippen molar-refractivity contribution >= 4 is 5.95 Å². The van der Waals surface area contributed by atoms with Gasteiger partial charge in [0.1, 0.15) is 6.54 Å². The van der Waals surface area contributed by atoms with Gasteiger partial charge in [0.05, 0.1) is 17.5 Å². The number of rotatable bonds is 6. The van der Waals surface area contributed by atoms with Crippen molar-refractivity contribution in [3.05, 3.63) is 24.2 Å². The van der Waals surface area contributed by atoms with Gasteiger partial charge in [-0.1, -0.05) is 0 Å². The van der Waals surface area contributed by atoms with E-state index in [1.165, 1.54) is 4.68 Å². The smallest absolute Gasteiger partial charge is 0.257 e. The highest BCUT2D eigenvalue weighted by molar-refractivity contribution is 5.61. The Balaban J connectivity index is 2.21. The third kappa shape index (κ3) is 4.19. The lowest BCUT2D eigenvalue weighted by Crippen LogP contribution is -2.16. The van der Waals surface area contributed by atoms with E-state index in [0.717, 1.165) is 0 Å². The summed E-state index contributed by atoms with van der Waals surface area (Å²) in [5.41, 5.74) is 1.89. The fourth-order valence-electron chi connectivity index (χ4n) is 1.84. The van der Waals surface area contributed by atoms with Gasteiger partial charge in [0.15, 0.2) is 0 Å². The molecule has 0 saturated heterocycles. The van der Waals surface area contributed by atoms with Gasteiger partial charge in [0.25, 0.3) is 6.43 Å². The third-order valence-corrected chi connectivity index (χ3v) is 2.76. The summed E-state index contributed by atoms with van der Waals surface area (Å²) in [5, 5.41) is 16.2. The first kappa shape index (κ1) is 15.3. The number of anilines is 1. The van der Waals surface area contributed by atoms with E-state index < -0.39 is 19.1 Å². The molecule has 0 spiro atoms. The number of hydrogen-bond acceptors (Lipinski definition) is 5. The summed E-state index contributed by atoms with van der Waals surface area (Å²) in [7, 11) is 0. The molecule has 0 unspecified atom stereocenters. The largest absolute Gasteiger partial charge is 0.392 e. The number of alkyl halides is 2. The van der Waals surface area contributed by atoms with E-state index >= 15 is 0 Å². The molecular formula is C13H17F2N5O. The maximum atomic E-state index is 12.4. The molecule has 21 heavy (non-hydrogen) atoms. The summed E-state index contributed by atoms with van der Waals surface area (Å²) in [6, 6.07) is 1.68. The number of nitrogens with one attached hydrogen (secondary N) is 1. The summed E-state index contributed by atoms with van der Waals surface area (Å²) in [6.45, 7) is 3.27. The first-order valence-corrected chi connectivity index (χ1v) is 6.53. The highest BCUT2D eigenvalue weighted by Crippen LogP contribution is 2.21. The van der Waals surface area contributed by atoms with Gasteiger partial charge >= 0.3 is 0 Å². The molecule has 0 aliphatic heterocycles. The van der Waals surface area contributed by atoms with Gasteiger partial charge in [-0.3, -0.25) is 4.68 Å². The molecule has 2 rings (SSSR count). The van der Waals surface area contributed by atoms with Crippen molar-refractivity contribution in [2.75, 3.05) is 11.9 Å². The van der Waals surface area contributed by atoms with E-state index in [2.05, 4.69) is 20.4 Å². The van der Waals surface area contributed by atoms with Crippen molar-refractivity contribution in [2.24, 2.45) is 0 Å². The number of halogens is 2. The molecule has 1 atom stereocenters. The molecule has 0 fully saturated rings. The average Bonchev–Trinajstić information content (AvgIpc) is 2.76. The maximum absolute atomic E-state index is 12.4. The summed E-state index contributed by atoms with van der Waals surface area (Å²) < 4.78 is 26.0. The molecule has 2 N–H and O–H groups in total. The molecule has 2 aromatic rings. The molecule has 8 heteroatoms. The highest BCUT2D eigenvalue weighted by atomic mass is 19.3. The van der Waals surface area contributed by atoms with Crippen LogP contribution in [0.1, 0.15) is 12.6 Å². The number of nitrogens with zero attached hydrogens (tertiary/aromatic N) is 4. The normalized spacial score (nSPS) is 12.7. The Hall–Kier alpha value is -2.09. The predicted molar refractivity (Wildman–Crippen MR) is 74.2 cm³/mol. The quantitative estimate of drug-likeness (QED) is 0.849. The SMILES string of the molecule is Cc1nn(CC(F)F)cc1-c1ccnc(NC[C@H](C)O)n1. The first-order valence-electron chi connectivity index (χ1n) is 6.53. The number of aliphatic hydroxyl groups is 1. The Morgan fingerprint density at radius 2 is 2.19 bits per heavy atom. The second-order valence-electron chi connectivity index (χ2n) is 4.74. The van der Waals surface area contributed by atoms with Crippen molar-refractivity contribution in [2.45, 2.75) is 32.9 Å². The van der Waals surface area contributed by atoms with Crippen molar-refractivity contribution in [3.63, 3.8) is 0 Å². The maximum Gasteiger partial charge on any atom is 0.257 e. The zero-order chi connectivity index (χ0) is 15.4. The van der Waals surface area contributed by atoms with E-state index in [-0.39, 0.29) is 0 Å². The van der Waals surface area contributed by atoms with Crippen LogP contribution in [0.4, 0.5) is 14.7 Å². The van der Waals surface area contributed by atoms with E-state index in [4.69, 9.17) is 0 Å². The van der Waals surface area contributed by atoms with Crippen molar-refractivity contribution in [1.29, 1.82) is 0 Å². The fourth-order valence-corrected chi connectivity index (χ4v) is 1.84. The molecule has 6 nitrogen and oxygen atoms in total. The van der Waals surface area contributed by atoms with Crippen LogP contribution < -0.4 is 5.32 Å². The van der Waals surface area contributed by atoms with Crippen LogP contribution in [-0.4, -0.2) is 43.9 Å². The minimum absolute atomic E-state index is 0.326. The molecule has 0 bridgehead atoms. The summed E-state index contributed by atoms with van der Waals surface area (Å²) in [5.74, 6) is 0.370. The van der Waals surface area contributed by atoms with Crippen LogP contribution in [0, 0.1) is 6.92 Å². The molecule has 0 amide bonds. The molecule has 0 radical (unpaired) electrons. The zero-order valence-electron chi connectivity index (χ0n) is 11.8. The third-order valence-electron chi connectivity index (χ3n) is 2.76. The number of aliphatic hydroxyl groups excluding tert-OH is 1. The lowest BCUT2D eigenvalue weighted by Gasteiger charge is -2.07. The minimum Gasteiger partial charge on any atom is -0.392 e. The van der Waals surface area contributed by atoms with Gasteiger partial charge < -0.3 is 10.4 Å². The zero-order valence-corrected chi connectivity index (χ0v) is 11.8. The Morgan fingerprint density at radius 1 is 1.43 bits per heavy atom. The van der Waals surface area contributed by atoms with Crippen LogP contribution >= 0.6 is 0 Å². The van der Waals surface area contributed by atoms with E-state index in [1.807, 2.05) is 0 Å². The van der Waals surface area contributed by atoms with Gasteiger partial charge in [-0.2, -0.15) is 5.10 Å². The van der Waals surface area contributed by atoms with E-state index in [9.17, 15) is 13.9 Å². The van der Waals surface area contributed by atoms with Gasteiger partial charge in [0.2, 0.25) is 5.95 Å². The average molecular weight is 297 g/mol. The molecule has 0 aliphatic carbocycles. The van der Waals surface area contributed by atoms with Crippen LogP contribution in [0.3, 0.4) is 0 Å². The van der Waals surface area contributed by atoms with Gasteiger partial charge in [-0.15, -0.1) is 0 Å². The second kappa shape index (κ2) is 6.57. The Morgan fingerprint density at radius 3 is 2.86 bits per heavy atom. The standard InChI is InChI=1S/C13H17F2N5O/c1-8(21)5-17-13-16-4-3-11(18-13)10-6-20(7-12(14)15)19-9(10)2/h3-4,6,8,12,21H,5,7H2,1-2H3,(H,16,17,18)/t8-/m0/s1. The van der Waals surface area contributed by atoms with Crippen molar-refractivity contribution in [3.8, 4) is 11.3 Å². The fraction of sp³-hybridized carbons (Fsp3) is 0.462. The predicted octanol–water partition coefficient (Wildman–Crippen LogP) is 1.71. The Bertz CT molecular complexity index is 600. The molecule has 0 saturated carbocycles. The van der Waals surface area contributed by atoms with Crippen LogP contribution in [0.5, 0.6) is 0 Å². The number of aryl methyl sites for hydroxylation is 1. The lowest BCUT2D eigenvalue weighted by atomic mass is 10.2. The summed E-state index contributed by atoms with van der Waals surface area (Å²) in [6.07, 6.45) is 0.136. The lowest BCUT2D eigenvalue weighted by molar-refractivity contribution is 0.121. The minimum atomic E-state index is -2.45. The van der Waals surface area contributed by atoms with Crippen molar-refractivity contribution < 1.29 is 13.9 Å². The molecule has 0 aromatic carbocycles. The molecular weight excluding hydrogens is 280 g/mol. The van der Waals surface area contributed by atoms with Crippen LogP contribution in [0.25, 0.3) is 11.3 Å². The highest BCUT2D eigenvalue weighted by Gasteiger charge is 2.12. The topological polar surface area (TPSA) is 75.9 Å². The number of hydrogen-bond donors (Lipinski definition) is 2. The summed E-state index contributed by atoms with van der Waals surface area (Å²) in [4.78, 5) is 8.34. The van der Waals surface area contributed by atoms with Gasteiger partial charge in [-0.25, -0.2) is 18.7 Å². The Kier molecular flexibility index (Phi) is 4.79. The molecule has 0 aliphatic rings. The number of aromatic nitrogens is 4. The van der Waals surface area contributed by atoms with Crippen molar-refractivity contribution in [1.82, 2.24) is 19.7 Å². The molecule has 2 heterocycles. The summed E-state index contributed by atoms with van der Waals surface area (Å²) >= 11 is 0. The Labute approximate surface area is 120 Å².